The molecule has 2 heterocycles. The molecule has 25 heavy (non-hydrogen) atoms. The van der Waals surface area contributed by atoms with Crippen LogP contribution in [-0.4, -0.2) is 80.3 Å². The molecular weight excluding hydrogens is 320 g/mol. The van der Waals surface area contributed by atoms with Gasteiger partial charge in [-0.3, -0.25) is 4.79 Å². The van der Waals surface area contributed by atoms with Crippen molar-refractivity contribution in [2.24, 2.45) is 5.92 Å². The zero-order valence-electron chi connectivity index (χ0n) is 15.5. The second kappa shape index (κ2) is 8.36. The zero-order chi connectivity index (χ0) is 17.8. The molecule has 2 saturated heterocycles. The topological polar surface area (TPSA) is 73.9 Å². The second-order valence-corrected chi connectivity index (χ2v) is 7.91. The van der Waals surface area contributed by atoms with Gasteiger partial charge in [-0.1, -0.05) is 0 Å². The third-order valence-electron chi connectivity index (χ3n) is 5.43. The largest absolute Gasteiger partial charge is 0.376 e. The lowest BCUT2D eigenvalue weighted by Gasteiger charge is -2.35. The van der Waals surface area contributed by atoms with Crippen molar-refractivity contribution in [3.63, 3.8) is 0 Å². The molecule has 0 aromatic heterocycles. The van der Waals surface area contributed by atoms with Gasteiger partial charge in [0, 0.05) is 32.7 Å². The minimum absolute atomic E-state index is 0.0239. The summed E-state index contributed by atoms with van der Waals surface area (Å²) < 4.78 is 5.72. The van der Waals surface area contributed by atoms with E-state index in [9.17, 15) is 9.59 Å². The van der Waals surface area contributed by atoms with Gasteiger partial charge < -0.3 is 25.2 Å². The molecule has 1 saturated carbocycles. The average Bonchev–Trinajstić information content (AvgIpc) is 3.29. The molecule has 3 fully saturated rings. The van der Waals surface area contributed by atoms with Crippen molar-refractivity contribution in [1.29, 1.82) is 0 Å². The van der Waals surface area contributed by atoms with E-state index in [0.29, 0.717) is 25.4 Å². The molecule has 3 atom stereocenters. The van der Waals surface area contributed by atoms with Crippen molar-refractivity contribution in [1.82, 2.24) is 20.4 Å². The molecule has 3 rings (SSSR count). The summed E-state index contributed by atoms with van der Waals surface area (Å²) in [6.45, 7) is 2.96. The number of carbonyl (C=O) groups is 2. The highest BCUT2D eigenvalue weighted by molar-refractivity contribution is 5.79. The summed E-state index contributed by atoms with van der Waals surface area (Å²) in [4.78, 5) is 28.6. The summed E-state index contributed by atoms with van der Waals surface area (Å²) in [5.41, 5.74) is 0. The van der Waals surface area contributed by atoms with Gasteiger partial charge in [-0.2, -0.15) is 0 Å². The predicted molar refractivity (Wildman–Crippen MR) is 95.3 cm³/mol. The highest BCUT2D eigenvalue weighted by Crippen LogP contribution is 2.36. The number of hydrogen-bond acceptors (Lipinski definition) is 4. The van der Waals surface area contributed by atoms with Gasteiger partial charge in [-0.05, 0) is 52.1 Å². The highest BCUT2D eigenvalue weighted by Gasteiger charge is 2.41. The van der Waals surface area contributed by atoms with Crippen LogP contribution >= 0.6 is 0 Å². The Labute approximate surface area is 150 Å². The number of nitrogens with one attached hydrogen (secondary N) is 2. The molecule has 0 bridgehead atoms. The number of likely N-dealkylation sites (N-methyl/N-ethyl adjacent to an activating group) is 1. The minimum atomic E-state index is -0.0239. The predicted octanol–water partition coefficient (Wildman–Crippen LogP) is 0.796. The first kappa shape index (κ1) is 18.5. The maximum absolute atomic E-state index is 12.9. The minimum Gasteiger partial charge on any atom is -0.376 e. The van der Waals surface area contributed by atoms with Gasteiger partial charge in [0.05, 0.1) is 18.2 Å². The maximum atomic E-state index is 12.9. The molecular formula is C18H32N4O3. The highest BCUT2D eigenvalue weighted by atomic mass is 16.5. The molecule has 0 aromatic rings. The molecule has 0 radical (unpaired) electrons. The van der Waals surface area contributed by atoms with E-state index in [1.165, 1.54) is 0 Å². The Bertz CT molecular complexity index is 475. The van der Waals surface area contributed by atoms with Crippen molar-refractivity contribution >= 4 is 11.9 Å². The van der Waals surface area contributed by atoms with Crippen LogP contribution in [0.15, 0.2) is 0 Å². The van der Waals surface area contributed by atoms with Gasteiger partial charge in [-0.25, -0.2) is 4.79 Å². The van der Waals surface area contributed by atoms with Gasteiger partial charge in [0.25, 0.3) is 0 Å². The van der Waals surface area contributed by atoms with Gasteiger partial charge in [0.2, 0.25) is 5.91 Å². The monoisotopic (exact) mass is 352 g/mol. The summed E-state index contributed by atoms with van der Waals surface area (Å²) >= 11 is 0. The van der Waals surface area contributed by atoms with E-state index < -0.39 is 0 Å². The molecule has 1 aliphatic carbocycles. The Morgan fingerprint density at radius 3 is 2.68 bits per heavy atom. The van der Waals surface area contributed by atoms with Gasteiger partial charge in [0.15, 0.2) is 0 Å². The van der Waals surface area contributed by atoms with Crippen molar-refractivity contribution in [3.8, 4) is 0 Å². The third-order valence-corrected chi connectivity index (χ3v) is 5.43. The average molecular weight is 352 g/mol. The SMILES string of the molecule is CN(C)CCN(CC1CCCO1)C(=O)N[C@@H]1CCC(=O)N[C@H]1C1CC1. The molecule has 2 aliphatic heterocycles. The molecule has 3 aliphatic rings. The van der Waals surface area contributed by atoms with Crippen LogP contribution in [-0.2, 0) is 9.53 Å². The lowest BCUT2D eigenvalue weighted by Crippen LogP contribution is -2.59. The van der Waals surface area contributed by atoms with Crippen LogP contribution in [0.4, 0.5) is 4.79 Å². The standard InChI is InChI=1S/C18H32N4O3/c1-21(2)9-10-22(12-14-4-3-11-25-14)18(24)19-15-7-8-16(23)20-17(15)13-5-6-13/h13-15,17H,3-12H2,1-2H3,(H,19,24)(H,20,23)/t14?,15-,17+/m1/s1. The zero-order valence-corrected chi connectivity index (χ0v) is 15.5. The van der Waals surface area contributed by atoms with Gasteiger partial charge >= 0.3 is 6.03 Å². The summed E-state index contributed by atoms with van der Waals surface area (Å²) in [5, 5.41) is 6.30. The number of rotatable bonds is 7. The van der Waals surface area contributed by atoms with Crippen molar-refractivity contribution in [2.45, 2.75) is 56.7 Å². The molecule has 142 valence electrons. The Kier molecular flexibility index (Phi) is 6.17. The second-order valence-electron chi connectivity index (χ2n) is 7.91. The maximum Gasteiger partial charge on any atom is 0.317 e. The lowest BCUT2D eigenvalue weighted by atomic mass is 9.94. The molecule has 7 heteroatoms. The van der Waals surface area contributed by atoms with E-state index in [1.54, 1.807) is 0 Å². The normalized spacial score (nSPS) is 29.6. The fraction of sp³-hybridized carbons (Fsp3) is 0.889. The van der Waals surface area contributed by atoms with Gasteiger partial charge in [0.1, 0.15) is 0 Å². The van der Waals surface area contributed by atoms with Crippen molar-refractivity contribution in [2.75, 3.05) is 40.3 Å². The van der Waals surface area contributed by atoms with Crippen LogP contribution < -0.4 is 10.6 Å². The van der Waals surface area contributed by atoms with E-state index in [1.807, 2.05) is 19.0 Å². The first-order valence-electron chi connectivity index (χ1n) is 9.64. The molecule has 7 nitrogen and oxygen atoms in total. The van der Waals surface area contributed by atoms with Crippen molar-refractivity contribution in [3.05, 3.63) is 0 Å². The fourth-order valence-electron chi connectivity index (χ4n) is 3.77. The number of urea groups is 1. The molecule has 0 aromatic carbocycles. The van der Waals surface area contributed by atoms with E-state index in [-0.39, 0.29) is 30.1 Å². The van der Waals surface area contributed by atoms with Gasteiger partial charge in [-0.15, -0.1) is 0 Å². The van der Waals surface area contributed by atoms with E-state index in [0.717, 1.165) is 45.3 Å². The quantitative estimate of drug-likeness (QED) is 0.711. The first-order valence-corrected chi connectivity index (χ1v) is 9.64. The summed E-state index contributed by atoms with van der Waals surface area (Å²) in [6, 6.07) is 0.122. The smallest absolute Gasteiger partial charge is 0.317 e. The molecule has 0 spiro atoms. The Morgan fingerprint density at radius 1 is 1.24 bits per heavy atom. The third kappa shape index (κ3) is 5.31. The summed E-state index contributed by atoms with van der Waals surface area (Å²) in [6.07, 6.45) is 5.79. The van der Waals surface area contributed by atoms with Crippen LogP contribution in [0.2, 0.25) is 0 Å². The Hall–Kier alpha value is -1.34. The fourth-order valence-corrected chi connectivity index (χ4v) is 3.77. The number of carbonyl (C=O) groups excluding carboxylic acids is 2. The Balaban J connectivity index is 1.58. The van der Waals surface area contributed by atoms with Crippen LogP contribution in [0.1, 0.15) is 38.5 Å². The Morgan fingerprint density at radius 2 is 2.04 bits per heavy atom. The number of amides is 3. The van der Waals surface area contributed by atoms with Crippen LogP contribution in [0, 0.1) is 5.92 Å². The summed E-state index contributed by atoms with van der Waals surface area (Å²) in [5.74, 6) is 0.647. The van der Waals surface area contributed by atoms with Crippen molar-refractivity contribution < 1.29 is 14.3 Å². The number of hydrogen-bond donors (Lipinski definition) is 2. The lowest BCUT2D eigenvalue weighted by molar-refractivity contribution is -0.124. The number of ether oxygens (including phenoxy) is 1. The summed E-state index contributed by atoms with van der Waals surface area (Å²) in [7, 11) is 4.03. The number of piperidine rings is 1. The van der Waals surface area contributed by atoms with E-state index in [2.05, 4.69) is 15.5 Å². The van der Waals surface area contributed by atoms with E-state index >= 15 is 0 Å². The van der Waals surface area contributed by atoms with Crippen LogP contribution in [0.25, 0.3) is 0 Å². The molecule has 1 unspecified atom stereocenters. The number of nitrogens with zero attached hydrogens (tertiary/aromatic N) is 2. The first-order chi connectivity index (χ1) is 12.0. The van der Waals surface area contributed by atoms with Crippen LogP contribution in [0.5, 0.6) is 0 Å². The van der Waals surface area contributed by atoms with Crippen LogP contribution in [0.3, 0.4) is 0 Å². The van der Waals surface area contributed by atoms with E-state index in [4.69, 9.17) is 4.74 Å². The molecule has 2 N–H and O–H groups in total. The molecule has 3 amide bonds.